The van der Waals surface area contributed by atoms with Gasteiger partial charge in [0.15, 0.2) is 5.82 Å². The zero-order chi connectivity index (χ0) is 16.9. The number of aryl methyl sites for hydroxylation is 1. The fraction of sp³-hybridized carbons (Fsp3) is 0.0526. The maximum Gasteiger partial charge on any atom is 0.257 e. The molecular formula is C19H16ClN3O. The summed E-state index contributed by atoms with van der Waals surface area (Å²) in [6.45, 7) is 0. The van der Waals surface area contributed by atoms with Crippen LogP contribution in [0.3, 0.4) is 0 Å². The highest BCUT2D eigenvalue weighted by molar-refractivity contribution is 6.31. The van der Waals surface area contributed by atoms with Crippen LogP contribution < -0.4 is 5.32 Å². The number of carbonyl (C=O) groups excluding carboxylic acids is 1. The van der Waals surface area contributed by atoms with Crippen molar-refractivity contribution in [3.05, 3.63) is 83.0 Å². The maximum absolute atomic E-state index is 12.7. The maximum atomic E-state index is 12.7. The largest absolute Gasteiger partial charge is 0.305 e. The molecule has 24 heavy (non-hydrogen) atoms. The fourth-order valence-corrected chi connectivity index (χ4v) is 2.42. The Morgan fingerprint density at radius 1 is 1.08 bits per heavy atom. The number of rotatable bonds is 4. The van der Waals surface area contributed by atoms with Gasteiger partial charge in [-0.05, 0) is 29.3 Å². The van der Waals surface area contributed by atoms with Gasteiger partial charge in [0.25, 0.3) is 5.91 Å². The van der Waals surface area contributed by atoms with E-state index < -0.39 is 0 Å². The van der Waals surface area contributed by atoms with Gasteiger partial charge in [-0.25, -0.2) is 0 Å². The van der Waals surface area contributed by atoms with Gasteiger partial charge in [-0.1, -0.05) is 54.1 Å². The van der Waals surface area contributed by atoms with Crippen molar-refractivity contribution in [2.24, 2.45) is 7.05 Å². The molecule has 0 bridgehead atoms. The predicted molar refractivity (Wildman–Crippen MR) is 97.6 cm³/mol. The SMILES string of the molecule is Cn1ccc(NC(=O)/C(=C/c2ccccc2)c2ccc(Cl)cc2)n1. The summed E-state index contributed by atoms with van der Waals surface area (Å²) in [4.78, 5) is 12.7. The van der Waals surface area contributed by atoms with Crippen LogP contribution in [0.2, 0.25) is 5.02 Å². The van der Waals surface area contributed by atoms with E-state index in [-0.39, 0.29) is 5.91 Å². The molecule has 3 aromatic rings. The third-order valence-corrected chi connectivity index (χ3v) is 3.72. The molecule has 0 saturated carbocycles. The van der Waals surface area contributed by atoms with Crippen molar-refractivity contribution in [2.75, 3.05) is 5.32 Å². The van der Waals surface area contributed by atoms with Crippen molar-refractivity contribution < 1.29 is 4.79 Å². The van der Waals surface area contributed by atoms with Crippen LogP contribution in [-0.2, 0) is 11.8 Å². The minimum absolute atomic E-state index is 0.222. The second-order valence-electron chi connectivity index (χ2n) is 5.30. The smallest absolute Gasteiger partial charge is 0.257 e. The summed E-state index contributed by atoms with van der Waals surface area (Å²) in [5.74, 6) is 0.287. The van der Waals surface area contributed by atoms with E-state index in [4.69, 9.17) is 11.6 Å². The average molecular weight is 338 g/mol. The minimum atomic E-state index is -0.222. The molecule has 0 saturated heterocycles. The topological polar surface area (TPSA) is 46.9 Å². The zero-order valence-corrected chi connectivity index (χ0v) is 13.9. The molecule has 0 aliphatic carbocycles. The molecule has 4 nitrogen and oxygen atoms in total. The third-order valence-electron chi connectivity index (χ3n) is 3.47. The number of amides is 1. The Bertz CT molecular complexity index is 867. The Hall–Kier alpha value is -2.85. The molecule has 1 N–H and O–H groups in total. The molecular weight excluding hydrogens is 322 g/mol. The van der Waals surface area contributed by atoms with Crippen molar-refractivity contribution in [3.63, 3.8) is 0 Å². The van der Waals surface area contributed by atoms with Crippen molar-refractivity contribution in [1.82, 2.24) is 9.78 Å². The quantitative estimate of drug-likeness (QED) is 0.571. The first kappa shape index (κ1) is 16.0. The monoisotopic (exact) mass is 337 g/mol. The lowest BCUT2D eigenvalue weighted by Gasteiger charge is -2.08. The minimum Gasteiger partial charge on any atom is -0.305 e. The molecule has 0 aliphatic heterocycles. The summed E-state index contributed by atoms with van der Waals surface area (Å²) in [7, 11) is 1.80. The van der Waals surface area contributed by atoms with E-state index in [0.29, 0.717) is 16.4 Å². The van der Waals surface area contributed by atoms with E-state index >= 15 is 0 Å². The van der Waals surface area contributed by atoms with Gasteiger partial charge in [-0.15, -0.1) is 0 Å². The highest BCUT2D eigenvalue weighted by atomic mass is 35.5. The summed E-state index contributed by atoms with van der Waals surface area (Å²) in [6.07, 6.45) is 3.62. The highest BCUT2D eigenvalue weighted by Crippen LogP contribution is 2.22. The van der Waals surface area contributed by atoms with Crippen LogP contribution in [0.5, 0.6) is 0 Å². The normalized spacial score (nSPS) is 11.3. The van der Waals surface area contributed by atoms with Crippen LogP contribution in [0.15, 0.2) is 66.9 Å². The Morgan fingerprint density at radius 2 is 1.79 bits per heavy atom. The Balaban J connectivity index is 1.96. The van der Waals surface area contributed by atoms with Gasteiger partial charge in [-0.3, -0.25) is 9.48 Å². The highest BCUT2D eigenvalue weighted by Gasteiger charge is 2.13. The van der Waals surface area contributed by atoms with Crippen molar-refractivity contribution >= 4 is 35.0 Å². The van der Waals surface area contributed by atoms with Crippen LogP contribution in [-0.4, -0.2) is 15.7 Å². The van der Waals surface area contributed by atoms with Gasteiger partial charge in [0.2, 0.25) is 0 Å². The van der Waals surface area contributed by atoms with Gasteiger partial charge in [-0.2, -0.15) is 5.10 Å². The lowest BCUT2D eigenvalue weighted by atomic mass is 10.0. The molecule has 0 aliphatic rings. The first-order valence-electron chi connectivity index (χ1n) is 7.45. The van der Waals surface area contributed by atoms with Crippen molar-refractivity contribution in [1.29, 1.82) is 0 Å². The zero-order valence-electron chi connectivity index (χ0n) is 13.1. The van der Waals surface area contributed by atoms with E-state index in [0.717, 1.165) is 11.1 Å². The number of benzene rings is 2. The molecule has 5 heteroatoms. The first-order chi connectivity index (χ1) is 11.6. The number of nitrogens with zero attached hydrogens (tertiary/aromatic N) is 2. The average Bonchev–Trinajstić information content (AvgIpc) is 2.99. The number of hydrogen-bond donors (Lipinski definition) is 1. The molecule has 0 spiro atoms. The molecule has 2 aromatic carbocycles. The number of hydrogen-bond acceptors (Lipinski definition) is 2. The molecule has 3 rings (SSSR count). The molecule has 1 amide bonds. The molecule has 0 fully saturated rings. The lowest BCUT2D eigenvalue weighted by Crippen LogP contribution is -2.14. The molecule has 1 heterocycles. The number of aromatic nitrogens is 2. The van der Waals surface area contributed by atoms with Gasteiger partial charge >= 0.3 is 0 Å². The Kier molecular flexibility index (Phi) is 4.77. The molecule has 0 unspecified atom stereocenters. The Morgan fingerprint density at radius 3 is 2.42 bits per heavy atom. The summed E-state index contributed by atoms with van der Waals surface area (Å²) in [5.41, 5.74) is 2.28. The van der Waals surface area contributed by atoms with Crippen LogP contribution in [0.25, 0.3) is 11.6 Å². The van der Waals surface area contributed by atoms with E-state index in [1.807, 2.05) is 48.5 Å². The Labute approximate surface area is 145 Å². The van der Waals surface area contributed by atoms with Gasteiger partial charge < -0.3 is 5.32 Å². The second-order valence-corrected chi connectivity index (χ2v) is 5.74. The van der Waals surface area contributed by atoms with E-state index in [1.54, 1.807) is 36.1 Å². The van der Waals surface area contributed by atoms with Gasteiger partial charge in [0.1, 0.15) is 0 Å². The molecule has 0 atom stereocenters. The van der Waals surface area contributed by atoms with E-state index in [2.05, 4.69) is 10.4 Å². The summed E-state index contributed by atoms with van der Waals surface area (Å²) < 4.78 is 1.64. The van der Waals surface area contributed by atoms with Crippen LogP contribution >= 0.6 is 11.6 Å². The number of nitrogens with one attached hydrogen (secondary N) is 1. The summed E-state index contributed by atoms with van der Waals surface area (Å²) >= 11 is 5.96. The van der Waals surface area contributed by atoms with E-state index in [9.17, 15) is 4.79 Å². The number of halogens is 1. The molecule has 120 valence electrons. The number of carbonyl (C=O) groups is 1. The second kappa shape index (κ2) is 7.15. The van der Waals surface area contributed by atoms with Crippen LogP contribution in [0.1, 0.15) is 11.1 Å². The fourth-order valence-electron chi connectivity index (χ4n) is 2.29. The summed E-state index contributed by atoms with van der Waals surface area (Å²) in [6, 6.07) is 18.6. The first-order valence-corrected chi connectivity index (χ1v) is 7.83. The van der Waals surface area contributed by atoms with Crippen LogP contribution in [0.4, 0.5) is 5.82 Å². The standard InChI is InChI=1S/C19H16ClN3O/c1-23-12-11-18(22-23)21-19(24)17(13-14-5-3-2-4-6-14)15-7-9-16(20)10-8-15/h2-13H,1H3,(H,21,22,24)/b17-13+. The van der Waals surface area contributed by atoms with Gasteiger partial charge in [0.05, 0.1) is 0 Å². The van der Waals surface area contributed by atoms with Crippen LogP contribution in [0, 0.1) is 0 Å². The van der Waals surface area contributed by atoms with Crippen molar-refractivity contribution in [3.8, 4) is 0 Å². The van der Waals surface area contributed by atoms with E-state index in [1.165, 1.54) is 0 Å². The summed E-state index contributed by atoms with van der Waals surface area (Å²) in [5, 5.41) is 7.64. The molecule has 1 aromatic heterocycles. The number of anilines is 1. The van der Waals surface area contributed by atoms with Crippen molar-refractivity contribution in [2.45, 2.75) is 0 Å². The predicted octanol–water partition coefficient (Wildman–Crippen LogP) is 4.25. The van der Waals surface area contributed by atoms with Gasteiger partial charge in [0, 0.05) is 29.9 Å². The third kappa shape index (κ3) is 3.91. The lowest BCUT2D eigenvalue weighted by molar-refractivity contribution is -0.111. The molecule has 0 radical (unpaired) electrons.